The van der Waals surface area contributed by atoms with Gasteiger partial charge in [-0.15, -0.1) is 0 Å². The number of nitrogens with two attached hydrogens (primary N) is 1. The lowest BCUT2D eigenvalue weighted by molar-refractivity contribution is -0.0245. The third-order valence-electron chi connectivity index (χ3n) is 6.17. The average Bonchev–Trinajstić information content (AvgIpc) is 3.14. The van der Waals surface area contributed by atoms with Crippen molar-refractivity contribution < 1.29 is 23.0 Å². The molecule has 0 aromatic carbocycles. The number of rotatable bonds is 5. The Kier molecular flexibility index (Phi) is 4.81. The first-order valence-electron chi connectivity index (χ1n) is 10.3. The van der Waals surface area contributed by atoms with E-state index >= 15 is 0 Å². The van der Waals surface area contributed by atoms with Crippen LogP contribution in [0.15, 0.2) is 30.6 Å². The molecule has 33 heavy (non-hydrogen) atoms. The van der Waals surface area contributed by atoms with E-state index in [1.165, 1.54) is 10.8 Å². The van der Waals surface area contributed by atoms with E-state index in [0.29, 0.717) is 46.4 Å². The highest BCUT2D eigenvalue weighted by molar-refractivity contribution is 5.98. The Morgan fingerprint density at radius 3 is 2.82 bits per heavy atom. The summed E-state index contributed by atoms with van der Waals surface area (Å²) in [5, 5.41) is 12.6. The molecule has 2 amide bonds. The predicted octanol–water partition coefficient (Wildman–Crippen LogP) is 3.30. The van der Waals surface area contributed by atoms with Crippen molar-refractivity contribution in [2.75, 3.05) is 25.6 Å². The number of nitriles is 1. The number of amides is 2. The minimum Gasteiger partial charge on any atom is -0.378 e. The lowest BCUT2D eigenvalue weighted by Gasteiger charge is -2.25. The zero-order chi connectivity index (χ0) is 23.4. The van der Waals surface area contributed by atoms with Crippen molar-refractivity contribution in [2.45, 2.75) is 30.4 Å². The highest BCUT2D eigenvalue weighted by Gasteiger charge is 2.58. The fourth-order valence-corrected chi connectivity index (χ4v) is 4.29. The van der Waals surface area contributed by atoms with Crippen molar-refractivity contribution in [2.24, 2.45) is 5.73 Å². The molecule has 0 bridgehead atoms. The highest BCUT2D eigenvalue weighted by Crippen LogP contribution is 2.54. The largest absolute Gasteiger partial charge is 0.378 e. The first-order chi connectivity index (χ1) is 15.8. The molecule has 2 atom stereocenters. The van der Waals surface area contributed by atoms with E-state index < -0.39 is 23.6 Å². The van der Waals surface area contributed by atoms with Gasteiger partial charge in [0.15, 0.2) is 0 Å². The number of ether oxygens (including phenoxy) is 2. The Labute approximate surface area is 187 Å². The van der Waals surface area contributed by atoms with Gasteiger partial charge in [-0.2, -0.15) is 5.26 Å². The second-order valence-electron chi connectivity index (χ2n) is 8.25. The third kappa shape index (κ3) is 3.57. The summed E-state index contributed by atoms with van der Waals surface area (Å²) in [6, 6.07) is 5.13. The zero-order valence-electron chi connectivity index (χ0n) is 17.6. The van der Waals surface area contributed by atoms with Crippen LogP contribution in [0.4, 0.5) is 19.4 Å². The summed E-state index contributed by atoms with van der Waals surface area (Å²) in [4.78, 5) is 20.2. The van der Waals surface area contributed by atoms with Crippen LogP contribution in [-0.2, 0) is 15.1 Å². The smallest absolute Gasteiger partial charge is 0.317 e. The second kappa shape index (κ2) is 7.47. The Morgan fingerprint density at radius 1 is 1.42 bits per heavy atom. The van der Waals surface area contributed by atoms with E-state index in [1.807, 2.05) is 0 Å². The van der Waals surface area contributed by atoms with E-state index in [9.17, 15) is 18.8 Å². The maximum atomic E-state index is 14.0. The van der Waals surface area contributed by atoms with Crippen LogP contribution in [0.1, 0.15) is 30.1 Å². The molecule has 1 aliphatic carbocycles. The first-order valence-corrected chi connectivity index (χ1v) is 10.3. The Morgan fingerprint density at radius 2 is 2.21 bits per heavy atom. The third-order valence-corrected chi connectivity index (χ3v) is 6.17. The molecule has 1 aliphatic heterocycles. The number of alkyl halides is 2. The van der Waals surface area contributed by atoms with Crippen molar-refractivity contribution >= 4 is 22.8 Å². The summed E-state index contributed by atoms with van der Waals surface area (Å²) in [5.41, 5.74) is 6.67. The summed E-state index contributed by atoms with van der Waals surface area (Å²) in [5.74, 6) is -2.65. The summed E-state index contributed by atoms with van der Waals surface area (Å²) in [7, 11) is 1.56. The number of carbonyl (C=O) groups is 1. The molecule has 11 heteroatoms. The number of nitrogens with one attached hydrogen (secondary N) is 1. The maximum absolute atomic E-state index is 14.0. The molecule has 170 valence electrons. The number of aromatic nitrogens is 3. The van der Waals surface area contributed by atoms with Gasteiger partial charge in [0, 0.05) is 43.7 Å². The SMILES string of the molecule is COC1(c2cc(C#N)cc(-c3cn([C@H]4CC4(F)F)c4cnc(NC(N)=O)cc34)n2)CCOC1. The first kappa shape index (κ1) is 21.2. The van der Waals surface area contributed by atoms with Crippen molar-refractivity contribution in [1.82, 2.24) is 14.5 Å². The standard InChI is InChI=1S/C22H20F2N6O3/c1-32-21(2-3-33-11-21)17-5-12(8-25)4-15(28-17)14-10-30(18-7-22(18,23)24)16-9-27-19(6-13(14)16)29-20(26)31/h4-6,9-10,18H,2-3,7,11H2,1H3,(H3,26,27,29,31)/t18-,21?/m0/s1. The summed E-state index contributed by atoms with van der Waals surface area (Å²) in [6.07, 6.45) is 3.29. The van der Waals surface area contributed by atoms with Crippen molar-refractivity contribution in [3.63, 3.8) is 0 Å². The number of anilines is 1. The van der Waals surface area contributed by atoms with Gasteiger partial charge in [-0.1, -0.05) is 0 Å². The van der Waals surface area contributed by atoms with Gasteiger partial charge in [0.1, 0.15) is 17.5 Å². The topological polar surface area (TPSA) is 128 Å². The summed E-state index contributed by atoms with van der Waals surface area (Å²) >= 11 is 0. The van der Waals surface area contributed by atoms with E-state index in [0.717, 1.165) is 0 Å². The highest BCUT2D eigenvalue weighted by atomic mass is 19.3. The van der Waals surface area contributed by atoms with E-state index in [1.54, 1.807) is 31.5 Å². The van der Waals surface area contributed by atoms with Gasteiger partial charge in [-0.3, -0.25) is 5.32 Å². The molecular weight excluding hydrogens is 434 g/mol. The quantitative estimate of drug-likeness (QED) is 0.609. The number of pyridine rings is 2. The summed E-state index contributed by atoms with van der Waals surface area (Å²) < 4.78 is 40.6. The number of nitrogens with zero attached hydrogens (tertiary/aromatic N) is 4. The van der Waals surface area contributed by atoms with Gasteiger partial charge in [0.05, 0.1) is 41.3 Å². The van der Waals surface area contributed by atoms with E-state index in [4.69, 9.17) is 20.2 Å². The Hall–Kier alpha value is -3.62. The van der Waals surface area contributed by atoms with Gasteiger partial charge in [0.2, 0.25) is 0 Å². The molecule has 3 N–H and O–H groups in total. The van der Waals surface area contributed by atoms with E-state index in [2.05, 4.69) is 16.4 Å². The van der Waals surface area contributed by atoms with Gasteiger partial charge >= 0.3 is 6.03 Å². The molecule has 1 saturated heterocycles. The fraction of sp³-hybridized carbons (Fsp3) is 0.364. The van der Waals surface area contributed by atoms with Crippen LogP contribution >= 0.6 is 0 Å². The van der Waals surface area contributed by atoms with Gasteiger partial charge in [0.25, 0.3) is 5.92 Å². The summed E-state index contributed by atoms with van der Waals surface area (Å²) in [6.45, 7) is 0.781. The number of methoxy groups -OCH3 is 1. The minimum atomic E-state index is -2.82. The van der Waals surface area contributed by atoms with Crippen LogP contribution in [0.25, 0.3) is 22.2 Å². The molecule has 3 aromatic rings. The predicted molar refractivity (Wildman–Crippen MR) is 114 cm³/mol. The number of hydrogen-bond acceptors (Lipinski definition) is 6. The molecule has 2 aliphatic rings. The lowest BCUT2D eigenvalue weighted by Crippen LogP contribution is -2.30. The van der Waals surface area contributed by atoms with Crippen LogP contribution < -0.4 is 11.1 Å². The molecule has 4 heterocycles. The van der Waals surface area contributed by atoms with Gasteiger partial charge < -0.3 is 19.8 Å². The van der Waals surface area contributed by atoms with Crippen LogP contribution in [0.5, 0.6) is 0 Å². The minimum absolute atomic E-state index is 0.172. The van der Waals surface area contributed by atoms with Crippen molar-refractivity contribution in [3.8, 4) is 17.3 Å². The number of hydrogen-bond donors (Lipinski definition) is 2. The molecule has 9 nitrogen and oxygen atoms in total. The monoisotopic (exact) mass is 454 g/mol. The lowest BCUT2D eigenvalue weighted by atomic mass is 9.95. The molecule has 1 unspecified atom stereocenters. The number of halogens is 2. The van der Waals surface area contributed by atoms with Crippen molar-refractivity contribution in [1.29, 1.82) is 5.26 Å². The number of urea groups is 1. The van der Waals surface area contributed by atoms with Gasteiger partial charge in [-0.25, -0.2) is 23.5 Å². The molecule has 5 rings (SSSR count). The molecule has 1 saturated carbocycles. The van der Waals surface area contributed by atoms with Crippen LogP contribution in [0.3, 0.4) is 0 Å². The molecule has 3 aromatic heterocycles. The maximum Gasteiger partial charge on any atom is 0.317 e. The number of fused-ring (bicyclic) bond motifs is 1. The zero-order valence-corrected chi connectivity index (χ0v) is 17.6. The molecule has 0 spiro atoms. The Bertz CT molecular complexity index is 1310. The average molecular weight is 454 g/mol. The Balaban J connectivity index is 1.71. The molecule has 2 fully saturated rings. The fourth-order valence-electron chi connectivity index (χ4n) is 4.29. The van der Waals surface area contributed by atoms with E-state index in [-0.39, 0.29) is 18.8 Å². The molecule has 0 radical (unpaired) electrons. The van der Waals surface area contributed by atoms with Gasteiger partial charge in [-0.05, 0) is 18.2 Å². The van der Waals surface area contributed by atoms with Crippen LogP contribution in [0.2, 0.25) is 0 Å². The van der Waals surface area contributed by atoms with Crippen molar-refractivity contribution in [3.05, 3.63) is 41.9 Å². The second-order valence-corrected chi connectivity index (χ2v) is 8.25. The molecular formula is C22H20F2N6O3. The number of primary amides is 1. The number of carbonyl (C=O) groups excluding carboxylic acids is 1. The van der Waals surface area contributed by atoms with Crippen LogP contribution in [-0.4, -0.2) is 46.8 Å². The normalized spacial score (nSPS) is 23.4. The van der Waals surface area contributed by atoms with Crippen LogP contribution in [0, 0.1) is 11.3 Å².